The maximum atomic E-state index is 11.8. The van der Waals surface area contributed by atoms with E-state index >= 15 is 0 Å². The van der Waals surface area contributed by atoms with Crippen molar-refractivity contribution in [3.8, 4) is 0 Å². The lowest BCUT2D eigenvalue weighted by Gasteiger charge is -2.05. The summed E-state index contributed by atoms with van der Waals surface area (Å²) in [7, 11) is 0. The van der Waals surface area contributed by atoms with E-state index in [-0.39, 0.29) is 5.91 Å². The van der Waals surface area contributed by atoms with Gasteiger partial charge in [0.05, 0.1) is 6.42 Å². The summed E-state index contributed by atoms with van der Waals surface area (Å²) in [6, 6.07) is 10.8. The van der Waals surface area contributed by atoms with Crippen LogP contribution >= 0.6 is 12.2 Å². The van der Waals surface area contributed by atoms with Crippen molar-refractivity contribution in [3.63, 3.8) is 0 Å². The van der Waals surface area contributed by atoms with Crippen LogP contribution in [0.3, 0.4) is 0 Å². The molecule has 0 spiro atoms. The fraction of sp³-hybridized carbons (Fsp3) is 0.0714. The van der Waals surface area contributed by atoms with Crippen molar-refractivity contribution in [1.82, 2.24) is 4.98 Å². The van der Waals surface area contributed by atoms with Crippen molar-refractivity contribution in [2.75, 3.05) is 5.32 Å². The van der Waals surface area contributed by atoms with Crippen LogP contribution in [-0.4, -0.2) is 15.9 Å². The van der Waals surface area contributed by atoms with Crippen LogP contribution in [0.2, 0.25) is 0 Å². The van der Waals surface area contributed by atoms with E-state index in [4.69, 9.17) is 18.0 Å². The van der Waals surface area contributed by atoms with Gasteiger partial charge in [0.2, 0.25) is 5.91 Å². The molecule has 0 aliphatic carbocycles. The molecule has 1 heterocycles. The molecule has 0 aliphatic heterocycles. The highest BCUT2D eigenvalue weighted by atomic mass is 32.1. The fourth-order valence-electron chi connectivity index (χ4n) is 1.61. The molecule has 0 saturated carbocycles. The van der Waals surface area contributed by atoms with Crippen LogP contribution in [0.5, 0.6) is 0 Å². The molecule has 4 nitrogen and oxygen atoms in total. The molecule has 0 fully saturated rings. The molecule has 3 N–H and O–H groups in total. The predicted molar refractivity (Wildman–Crippen MR) is 78.9 cm³/mol. The zero-order valence-electron chi connectivity index (χ0n) is 10.2. The van der Waals surface area contributed by atoms with E-state index in [1.807, 2.05) is 24.3 Å². The number of carbonyl (C=O) groups excluding carboxylic acids is 1. The molecule has 2 rings (SSSR count). The first kappa shape index (κ1) is 13.2. The third kappa shape index (κ3) is 3.86. The Bertz CT molecular complexity index is 581. The number of aromatic nitrogens is 1. The molecule has 1 aromatic carbocycles. The van der Waals surface area contributed by atoms with E-state index in [0.717, 1.165) is 16.8 Å². The van der Waals surface area contributed by atoms with E-state index in [1.54, 1.807) is 24.5 Å². The Labute approximate surface area is 116 Å². The molecular formula is C14H13N3OS. The number of nitrogens with zero attached hydrogens (tertiary/aromatic N) is 1. The minimum atomic E-state index is -0.0747. The highest BCUT2D eigenvalue weighted by molar-refractivity contribution is 7.80. The van der Waals surface area contributed by atoms with Crippen LogP contribution in [0.15, 0.2) is 48.8 Å². The lowest BCUT2D eigenvalue weighted by Crippen LogP contribution is -2.14. The zero-order chi connectivity index (χ0) is 13.7. The van der Waals surface area contributed by atoms with Gasteiger partial charge in [-0.2, -0.15) is 0 Å². The van der Waals surface area contributed by atoms with E-state index in [9.17, 15) is 4.79 Å². The quantitative estimate of drug-likeness (QED) is 0.833. The van der Waals surface area contributed by atoms with Gasteiger partial charge in [-0.1, -0.05) is 36.5 Å². The van der Waals surface area contributed by atoms with Gasteiger partial charge in [-0.05, 0) is 17.7 Å². The molecule has 96 valence electrons. The maximum Gasteiger partial charge on any atom is 0.228 e. The average Bonchev–Trinajstić information content (AvgIpc) is 2.40. The second kappa shape index (κ2) is 6.06. The molecule has 1 aromatic heterocycles. The highest BCUT2D eigenvalue weighted by Gasteiger charge is 2.04. The number of anilines is 1. The molecule has 19 heavy (non-hydrogen) atoms. The topological polar surface area (TPSA) is 68.0 Å². The summed E-state index contributed by atoms with van der Waals surface area (Å²) in [5, 5.41) is 2.80. The van der Waals surface area contributed by atoms with Crippen LogP contribution in [0.1, 0.15) is 11.1 Å². The Morgan fingerprint density at radius 1 is 1.16 bits per heavy atom. The molecule has 0 atom stereocenters. The standard InChI is InChI=1S/C14H13N3OS/c15-14(19)11-3-1-10(2-4-11)9-13(18)17-12-5-7-16-8-6-12/h1-8H,9H2,(H2,15,19)(H,16,17,18). The van der Waals surface area contributed by atoms with Crippen LogP contribution in [0.25, 0.3) is 0 Å². The lowest BCUT2D eigenvalue weighted by molar-refractivity contribution is -0.115. The van der Waals surface area contributed by atoms with E-state index in [1.165, 1.54) is 0 Å². The summed E-state index contributed by atoms with van der Waals surface area (Å²) >= 11 is 4.87. The number of hydrogen-bond donors (Lipinski definition) is 2. The largest absolute Gasteiger partial charge is 0.389 e. The second-order valence-electron chi connectivity index (χ2n) is 4.02. The molecule has 0 bridgehead atoms. The van der Waals surface area contributed by atoms with E-state index < -0.39 is 0 Å². The minimum absolute atomic E-state index is 0.0747. The van der Waals surface area contributed by atoms with Crippen molar-refractivity contribution in [3.05, 3.63) is 59.9 Å². The van der Waals surface area contributed by atoms with Crippen molar-refractivity contribution >= 4 is 28.8 Å². The average molecular weight is 271 g/mol. The highest BCUT2D eigenvalue weighted by Crippen LogP contribution is 2.08. The van der Waals surface area contributed by atoms with Crippen LogP contribution in [0.4, 0.5) is 5.69 Å². The normalized spacial score (nSPS) is 9.89. The molecule has 1 amide bonds. The van der Waals surface area contributed by atoms with Gasteiger partial charge in [0.25, 0.3) is 0 Å². The van der Waals surface area contributed by atoms with Crippen LogP contribution in [0, 0.1) is 0 Å². The van der Waals surface area contributed by atoms with Gasteiger partial charge >= 0.3 is 0 Å². The fourth-order valence-corrected chi connectivity index (χ4v) is 1.75. The van der Waals surface area contributed by atoms with Gasteiger partial charge in [0, 0.05) is 23.6 Å². The van der Waals surface area contributed by atoms with Crippen molar-refractivity contribution < 1.29 is 4.79 Å². The SMILES string of the molecule is NC(=S)c1ccc(CC(=O)Nc2ccncc2)cc1. The molecule has 5 heteroatoms. The monoisotopic (exact) mass is 271 g/mol. The lowest BCUT2D eigenvalue weighted by atomic mass is 10.1. The molecule has 2 aromatic rings. The Kier molecular flexibility index (Phi) is 4.20. The summed E-state index contributed by atoms with van der Waals surface area (Å²) in [4.78, 5) is 16.1. The number of benzene rings is 1. The van der Waals surface area contributed by atoms with Crippen LogP contribution in [-0.2, 0) is 11.2 Å². The molecule has 0 saturated heterocycles. The number of nitrogens with one attached hydrogen (secondary N) is 1. The number of hydrogen-bond acceptors (Lipinski definition) is 3. The Morgan fingerprint density at radius 2 is 1.79 bits per heavy atom. The number of thiocarbonyl (C=S) groups is 1. The number of carbonyl (C=O) groups is 1. The Morgan fingerprint density at radius 3 is 2.37 bits per heavy atom. The predicted octanol–water partition coefficient (Wildman–Crippen LogP) is 1.90. The molecule has 0 unspecified atom stereocenters. The van der Waals surface area contributed by atoms with Crippen molar-refractivity contribution in [2.45, 2.75) is 6.42 Å². The van der Waals surface area contributed by atoms with Gasteiger partial charge in [0.1, 0.15) is 4.99 Å². The van der Waals surface area contributed by atoms with Gasteiger partial charge < -0.3 is 11.1 Å². The van der Waals surface area contributed by atoms with Gasteiger partial charge in [0.15, 0.2) is 0 Å². The third-order valence-electron chi connectivity index (χ3n) is 2.57. The molecule has 0 aliphatic rings. The first-order valence-electron chi connectivity index (χ1n) is 5.74. The molecule has 0 radical (unpaired) electrons. The van der Waals surface area contributed by atoms with Crippen LogP contribution < -0.4 is 11.1 Å². The van der Waals surface area contributed by atoms with Crippen molar-refractivity contribution in [2.24, 2.45) is 5.73 Å². The maximum absolute atomic E-state index is 11.8. The van der Waals surface area contributed by atoms with E-state index in [2.05, 4.69) is 10.3 Å². The van der Waals surface area contributed by atoms with Gasteiger partial charge in [-0.25, -0.2) is 0 Å². The summed E-state index contributed by atoms with van der Waals surface area (Å²) < 4.78 is 0. The second-order valence-corrected chi connectivity index (χ2v) is 4.46. The summed E-state index contributed by atoms with van der Waals surface area (Å²) in [5.41, 5.74) is 7.96. The number of amides is 1. The third-order valence-corrected chi connectivity index (χ3v) is 2.80. The number of rotatable bonds is 4. The molecular weight excluding hydrogens is 258 g/mol. The van der Waals surface area contributed by atoms with Gasteiger partial charge in [-0.15, -0.1) is 0 Å². The van der Waals surface area contributed by atoms with E-state index in [0.29, 0.717) is 11.4 Å². The number of pyridine rings is 1. The smallest absolute Gasteiger partial charge is 0.228 e. The zero-order valence-corrected chi connectivity index (χ0v) is 11.0. The summed E-state index contributed by atoms with van der Waals surface area (Å²) in [6.45, 7) is 0. The Balaban J connectivity index is 1.97. The summed E-state index contributed by atoms with van der Waals surface area (Å²) in [6.07, 6.45) is 3.57. The first-order chi connectivity index (χ1) is 9.15. The summed E-state index contributed by atoms with van der Waals surface area (Å²) in [5.74, 6) is -0.0747. The van der Waals surface area contributed by atoms with Crippen molar-refractivity contribution in [1.29, 1.82) is 0 Å². The number of nitrogens with two attached hydrogens (primary N) is 1. The first-order valence-corrected chi connectivity index (χ1v) is 6.14. The minimum Gasteiger partial charge on any atom is -0.389 e. The van der Waals surface area contributed by atoms with Gasteiger partial charge in [-0.3, -0.25) is 9.78 Å². The Hall–Kier alpha value is -2.27.